The first-order chi connectivity index (χ1) is 9.77. The molecule has 0 aromatic heterocycles. The maximum Gasteiger partial charge on any atom is 0.270 e. The van der Waals surface area contributed by atoms with Crippen LogP contribution in [0.25, 0.3) is 0 Å². The smallest absolute Gasteiger partial charge is 0.270 e. The highest BCUT2D eigenvalue weighted by Crippen LogP contribution is 2.30. The van der Waals surface area contributed by atoms with Crippen molar-refractivity contribution in [2.45, 2.75) is 17.1 Å². The minimum Gasteiger partial charge on any atom is -0.389 e. The summed E-state index contributed by atoms with van der Waals surface area (Å²) in [5.41, 5.74) is -0.149. The Balaban J connectivity index is 2.48. The van der Waals surface area contributed by atoms with Crippen LogP contribution in [0.4, 0.5) is 11.4 Å². The van der Waals surface area contributed by atoms with Crippen LogP contribution < -0.4 is 5.32 Å². The molecule has 2 atom stereocenters. The maximum absolute atomic E-state index is 12.5. The van der Waals surface area contributed by atoms with Crippen LogP contribution in [-0.2, 0) is 10.0 Å². The lowest BCUT2D eigenvalue weighted by Gasteiger charge is -2.17. The van der Waals surface area contributed by atoms with E-state index in [4.69, 9.17) is 0 Å². The minimum atomic E-state index is -4.06. The lowest BCUT2D eigenvalue weighted by Crippen LogP contribution is -2.30. The predicted molar refractivity (Wildman–Crippen MR) is 73.4 cm³/mol. The van der Waals surface area contributed by atoms with Gasteiger partial charge in [-0.2, -0.15) is 4.31 Å². The number of nitrogens with zero attached hydrogens (tertiary/aromatic N) is 2. The van der Waals surface area contributed by atoms with Gasteiger partial charge in [0.05, 0.1) is 22.8 Å². The van der Waals surface area contributed by atoms with Gasteiger partial charge in [-0.1, -0.05) is 0 Å². The van der Waals surface area contributed by atoms with E-state index in [1.54, 1.807) is 0 Å². The molecule has 0 spiro atoms. The van der Waals surface area contributed by atoms with Crippen molar-refractivity contribution in [3.05, 3.63) is 28.3 Å². The molecule has 0 aliphatic carbocycles. The van der Waals surface area contributed by atoms with Gasteiger partial charge in [0.1, 0.15) is 4.90 Å². The topological polar surface area (TPSA) is 133 Å². The zero-order chi connectivity index (χ0) is 15.8. The van der Waals surface area contributed by atoms with Crippen molar-refractivity contribution in [1.29, 1.82) is 0 Å². The molecule has 0 bridgehead atoms. The van der Waals surface area contributed by atoms with Crippen molar-refractivity contribution < 1.29 is 23.6 Å². The molecule has 0 amide bonds. The molecule has 1 aromatic rings. The highest BCUT2D eigenvalue weighted by Gasteiger charge is 2.39. The van der Waals surface area contributed by atoms with Crippen LogP contribution in [0.1, 0.15) is 0 Å². The lowest BCUT2D eigenvalue weighted by atomic mass is 10.3. The number of nitro benzene ring substituents is 1. The Morgan fingerprint density at radius 3 is 2.38 bits per heavy atom. The van der Waals surface area contributed by atoms with Crippen molar-refractivity contribution in [3.63, 3.8) is 0 Å². The highest BCUT2D eigenvalue weighted by atomic mass is 32.2. The van der Waals surface area contributed by atoms with Crippen molar-refractivity contribution in [3.8, 4) is 0 Å². The molecule has 1 aromatic carbocycles. The third-order valence-corrected chi connectivity index (χ3v) is 5.16. The van der Waals surface area contributed by atoms with Crippen LogP contribution in [0.3, 0.4) is 0 Å². The SMILES string of the molecule is CNc1ccc([N+](=O)[O-])cc1S(=O)(=O)N1CC(O)C(O)C1. The van der Waals surface area contributed by atoms with Gasteiger partial charge in [0.15, 0.2) is 0 Å². The number of sulfonamides is 1. The van der Waals surface area contributed by atoms with E-state index in [1.165, 1.54) is 19.2 Å². The van der Waals surface area contributed by atoms with Gasteiger partial charge >= 0.3 is 0 Å². The van der Waals surface area contributed by atoms with Gasteiger partial charge in [0.2, 0.25) is 10.0 Å². The first-order valence-electron chi connectivity index (χ1n) is 6.10. The van der Waals surface area contributed by atoms with Crippen LogP contribution >= 0.6 is 0 Å². The van der Waals surface area contributed by atoms with Gasteiger partial charge < -0.3 is 15.5 Å². The molecule has 1 fully saturated rings. The second kappa shape index (κ2) is 5.56. The largest absolute Gasteiger partial charge is 0.389 e. The van der Waals surface area contributed by atoms with Gasteiger partial charge in [0, 0.05) is 32.3 Å². The fraction of sp³-hybridized carbons (Fsp3) is 0.455. The summed E-state index contributed by atoms with van der Waals surface area (Å²) < 4.78 is 25.9. The molecule has 116 valence electrons. The molecule has 1 saturated heterocycles. The molecule has 0 saturated carbocycles. The van der Waals surface area contributed by atoms with Crippen molar-refractivity contribution in [2.24, 2.45) is 0 Å². The molecule has 1 aliphatic rings. The standard InChI is InChI=1S/C11H15N3O6S/c1-12-8-3-2-7(14(17)18)4-11(8)21(19,20)13-5-9(15)10(16)6-13/h2-4,9-10,12,15-16H,5-6H2,1H3. The first kappa shape index (κ1) is 15.6. The van der Waals surface area contributed by atoms with Crippen molar-refractivity contribution >= 4 is 21.4 Å². The number of nitro groups is 1. The van der Waals surface area contributed by atoms with E-state index in [0.29, 0.717) is 0 Å². The van der Waals surface area contributed by atoms with Gasteiger partial charge in [-0.25, -0.2) is 8.42 Å². The predicted octanol–water partition coefficient (Wildman–Crippen LogP) is -0.637. The van der Waals surface area contributed by atoms with E-state index < -0.39 is 27.2 Å². The van der Waals surface area contributed by atoms with E-state index in [0.717, 1.165) is 10.4 Å². The second-order valence-electron chi connectivity index (χ2n) is 4.64. The van der Waals surface area contributed by atoms with Crippen LogP contribution in [0.5, 0.6) is 0 Å². The lowest BCUT2D eigenvalue weighted by molar-refractivity contribution is -0.385. The summed E-state index contributed by atoms with van der Waals surface area (Å²) in [6, 6.07) is 3.45. The summed E-state index contributed by atoms with van der Waals surface area (Å²) in [6.45, 7) is -0.509. The molecule has 2 rings (SSSR count). The first-order valence-corrected chi connectivity index (χ1v) is 7.54. The number of anilines is 1. The zero-order valence-corrected chi connectivity index (χ0v) is 11.9. The zero-order valence-electron chi connectivity index (χ0n) is 11.1. The maximum atomic E-state index is 12.5. The monoisotopic (exact) mass is 317 g/mol. The third kappa shape index (κ3) is 2.83. The number of non-ortho nitro benzene ring substituents is 1. The number of aliphatic hydroxyl groups excluding tert-OH is 2. The molecular weight excluding hydrogens is 302 g/mol. The Morgan fingerprint density at radius 1 is 1.33 bits per heavy atom. The Hall–Kier alpha value is -1.75. The van der Waals surface area contributed by atoms with E-state index >= 15 is 0 Å². The molecule has 10 heteroatoms. The van der Waals surface area contributed by atoms with E-state index in [2.05, 4.69) is 5.32 Å². The molecule has 21 heavy (non-hydrogen) atoms. The fourth-order valence-electron chi connectivity index (χ4n) is 2.12. The van der Waals surface area contributed by atoms with Crippen molar-refractivity contribution in [2.75, 3.05) is 25.5 Å². The number of rotatable bonds is 4. The Morgan fingerprint density at radius 2 is 1.90 bits per heavy atom. The van der Waals surface area contributed by atoms with Gasteiger partial charge in [-0.05, 0) is 6.07 Å². The summed E-state index contributed by atoms with van der Waals surface area (Å²) in [4.78, 5) is 9.85. The molecule has 0 radical (unpaired) electrons. The Kier molecular flexibility index (Phi) is 4.14. The third-order valence-electron chi connectivity index (χ3n) is 3.29. The van der Waals surface area contributed by atoms with Crippen LogP contribution in [0, 0.1) is 10.1 Å². The second-order valence-corrected chi connectivity index (χ2v) is 6.55. The molecule has 3 N–H and O–H groups in total. The molecule has 1 aliphatic heterocycles. The summed E-state index contributed by atoms with van der Waals surface area (Å²) in [6.07, 6.45) is -2.34. The average molecular weight is 317 g/mol. The molecule has 9 nitrogen and oxygen atoms in total. The van der Waals surface area contributed by atoms with Gasteiger partial charge in [0.25, 0.3) is 5.69 Å². The molecule has 1 heterocycles. The van der Waals surface area contributed by atoms with Crippen LogP contribution in [0.15, 0.2) is 23.1 Å². The summed E-state index contributed by atoms with van der Waals surface area (Å²) >= 11 is 0. The van der Waals surface area contributed by atoms with Gasteiger partial charge in [-0.3, -0.25) is 10.1 Å². The van der Waals surface area contributed by atoms with E-state index in [9.17, 15) is 28.7 Å². The summed E-state index contributed by atoms with van der Waals surface area (Å²) in [5.74, 6) is 0. The highest BCUT2D eigenvalue weighted by molar-refractivity contribution is 7.89. The normalized spacial score (nSPS) is 23.2. The Labute approximate surface area is 121 Å². The average Bonchev–Trinajstić information content (AvgIpc) is 2.78. The number of benzene rings is 1. The number of hydrogen-bond acceptors (Lipinski definition) is 7. The molecular formula is C11H15N3O6S. The number of nitrogens with one attached hydrogen (secondary N) is 1. The fourth-order valence-corrected chi connectivity index (χ4v) is 3.81. The minimum absolute atomic E-state index is 0.205. The Bertz CT molecular complexity index is 652. The number of β-amino-alcohol motifs (C(OH)–C–C–N with tert-alkyl or cyclic N) is 2. The van der Waals surface area contributed by atoms with Crippen LogP contribution in [0.2, 0.25) is 0 Å². The number of aliphatic hydroxyl groups is 2. The molecule has 2 unspecified atom stereocenters. The van der Waals surface area contributed by atoms with E-state index in [1.807, 2.05) is 0 Å². The van der Waals surface area contributed by atoms with Crippen LogP contribution in [-0.4, -0.2) is 60.2 Å². The summed E-state index contributed by atoms with van der Waals surface area (Å²) in [5, 5.41) is 32.4. The van der Waals surface area contributed by atoms with E-state index in [-0.39, 0.29) is 29.4 Å². The number of hydrogen-bond donors (Lipinski definition) is 3. The van der Waals surface area contributed by atoms with Gasteiger partial charge in [-0.15, -0.1) is 0 Å². The van der Waals surface area contributed by atoms with Crippen molar-refractivity contribution in [1.82, 2.24) is 4.31 Å². The quantitative estimate of drug-likeness (QED) is 0.497. The summed E-state index contributed by atoms with van der Waals surface area (Å²) in [7, 11) is -2.56.